The van der Waals surface area contributed by atoms with Crippen molar-refractivity contribution < 1.29 is 27.2 Å². The summed E-state index contributed by atoms with van der Waals surface area (Å²) < 4.78 is 46.2. The van der Waals surface area contributed by atoms with Gasteiger partial charge in [-0.05, 0) is 65.9 Å². The number of thiophene rings is 1. The molecule has 0 radical (unpaired) electrons. The molecule has 172 valence electrons. The van der Waals surface area contributed by atoms with Gasteiger partial charge in [-0.25, -0.2) is 0 Å². The lowest BCUT2D eigenvalue weighted by molar-refractivity contribution is -0.136. The third kappa shape index (κ3) is 4.22. The molecule has 34 heavy (non-hydrogen) atoms. The van der Waals surface area contributed by atoms with Crippen molar-refractivity contribution in [3.8, 4) is 10.4 Å². The smallest absolute Gasteiger partial charge is 0.418 e. The zero-order valence-corrected chi connectivity index (χ0v) is 18.3. The largest absolute Gasteiger partial charge is 0.459 e. The highest BCUT2D eigenvalue weighted by Gasteiger charge is 2.35. The van der Waals surface area contributed by atoms with Crippen LogP contribution < -0.4 is 10.6 Å². The van der Waals surface area contributed by atoms with Gasteiger partial charge in [0.05, 0.1) is 22.4 Å². The summed E-state index contributed by atoms with van der Waals surface area (Å²) in [6.07, 6.45) is -1.84. The molecular weight excluding hydrogens is 465 g/mol. The number of carbonyl (C=O) groups is 2. The Morgan fingerprint density at radius 2 is 1.68 bits per heavy atom. The fourth-order valence-electron chi connectivity index (χ4n) is 3.93. The first-order chi connectivity index (χ1) is 16.3. The van der Waals surface area contributed by atoms with E-state index in [0.717, 1.165) is 41.0 Å². The maximum Gasteiger partial charge on any atom is 0.418 e. The fraction of sp³-hybridized carbons (Fsp3) is 0.120. The van der Waals surface area contributed by atoms with Crippen LogP contribution in [-0.4, -0.2) is 11.8 Å². The summed E-state index contributed by atoms with van der Waals surface area (Å²) >= 11 is 1.27. The van der Waals surface area contributed by atoms with E-state index in [1.807, 2.05) is 24.3 Å². The van der Waals surface area contributed by atoms with E-state index in [4.69, 9.17) is 4.42 Å². The summed E-state index contributed by atoms with van der Waals surface area (Å²) in [7, 11) is 0. The van der Waals surface area contributed by atoms with E-state index in [2.05, 4.69) is 10.6 Å². The summed E-state index contributed by atoms with van der Waals surface area (Å²) in [5, 5.41) is 4.76. The average Bonchev–Trinajstić information content (AvgIpc) is 3.50. The van der Waals surface area contributed by atoms with Crippen LogP contribution in [0.2, 0.25) is 0 Å². The first-order valence-electron chi connectivity index (χ1n) is 10.4. The summed E-state index contributed by atoms with van der Waals surface area (Å²) in [4.78, 5) is 26.3. The molecule has 0 unspecified atom stereocenters. The van der Waals surface area contributed by atoms with Crippen LogP contribution in [0.15, 0.2) is 71.3 Å². The maximum atomic E-state index is 13.8. The van der Waals surface area contributed by atoms with E-state index < -0.39 is 23.6 Å². The molecule has 2 aromatic carbocycles. The number of hydrogen-bond acceptors (Lipinski definition) is 4. The Balaban J connectivity index is 1.40. The molecule has 5 rings (SSSR count). The van der Waals surface area contributed by atoms with E-state index in [9.17, 15) is 22.8 Å². The maximum absolute atomic E-state index is 13.8. The molecule has 0 saturated heterocycles. The van der Waals surface area contributed by atoms with Gasteiger partial charge in [-0.3, -0.25) is 9.59 Å². The molecule has 2 amide bonds. The van der Waals surface area contributed by atoms with E-state index >= 15 is 0 Å². The molecule has 1 aliphatic rings. The van der Waals surface area contributed by atoms with E-state index in [-0.39, 0.29) is 17.1 Å². The zero-order chi connectivity index (χ0) is 23.9. The number of amides is 2. The van der Waals surface area contributed by atoms with E-state index in [1.54, 1.807) is 6.07 Å². The molecule has 2 aromatic heterocycles. The molecule has 2 N–H and O–H groups in total. The van der Waals surface area contributed by atoms with Crippen LogP contribution in [0.4, 0.5) is 24.5 Å². The molecule has 0 atom stereocenters. The molecule has 0 aliphatic heterocycles. The lowest BCUT2D eigenvalue weighted by Gasteiger charge is -2.15. The number of furan rings is 1. The van der Waals surface area contributed by atoms with Crippen LogP contribution in [0.5, 0.6) is 0 Å². The van der Waals surface area contributed by atoms with E-state index in [0.29, 0.717) is 4.88 Å². The van der Waals surface area contributed by atoms with Gasteiger partial charge in [-0.1, -0.05) is 24.3 Å². The van der Waals surface area contributed by atoms with Crippen molar-refractivity contribution in [1.82, 2.24) is 0 Å². The molecule has 0 saturated carbocycles. The van der Waals surface area contributed by atoms with Crippen molar-refractivity contribution in [2.45, 2.75) is 19.0 Å². The fourth-order valence-corrected chi connectivity index (χ4v) is 5.10. The van der Waals surface area contributed by atoms with Crippen molar-refractivity contribution in [2.24, 2.45) is 0 Å². The van der Waals surface area contributed by atoms with Gasteiger partial charge in [-0.2, -0.15) is 13.2 Å². The topological polar surface area (TPSA) is 71.3 Å². The predicted octanol–water partition coefficient (Wildman–Crippen LogP) is 6.63. The number of alkyl halides is 3. The molecule has 9 heteroatoms. The number of carbonyl (C=O) groups excluding carboxylic acids is 2. The second kappa shape index (κ2) is 8.49. The van der Waals surface area contributed by atoms with Crippen molar-refractivity contribution in [1.29, 1.82) is 0 Å². The van der Waals surface area contributed by atoms with Crippen LogP contribution in [0.3, 0.4) is 0 Å². The molecular formula is C25H17F3N2O3S. The van der Waals surface area contributed by atoms with Crippen molar-refractivity contribution in [3.05, 3.63) is 94.3 Å². The average molecular weight is 482 g/mol. The molecule has 0 bridgehead atoms. The van der Waals surface area contributed by atoms with Crippen molar-refractivity contribution in [3.63, 3.8) is 0 Å². The number of hydrogen-bond donors (Lipinski definition) is 2. The summed E-state index contributed by atoms with van der Waals surface area (Å²) in [5.41, 5.74) is 1.73. The highest BCUT2D eigenvalue weighted by atomic mass is 32.1. The lowest BCUT2D eigenvalue weighted by Crippen LogP contribution is -2.17. The van der Waals surface area contributed by atoms with Crippen molar-refractivity contribution in [2.75, 3.05) is 10.6 Å². The first kappa shape index (κ1) is 22.0. The van der Waals surface area contributed by atoms with Gasteiger partial charge in [0, 0.05) is 10.6 Å². The number of fused-ring (bicyclic) bond motifs is 3. The second-order valence-corrected chi connectivity index (χ2v) is 8.82. The Morgan fingerprint density at radius 3 is 2.44 bits per heavy atom. The minimum atomic E-state index is -4.75. The SMILES string of the molecule is O=C(Nc1ccc(NC(=O)c2cc3c(s2)-c2ccccc2CC3)c(C(F)(F)F)c1)c1ccco1. The van der Waals surface area contributed by atoms with Crippen LogP contribution in [0, 0.1) is 0 Å². The van der Waals surface area contributed by atoms with Crippen LogP contribution >= 0.6 is 11.3 Å². The molecule has 2 heterocycles. The van der Waals surface area contributed by atoms with Crippen LogP contribution in [0.25, 0.3) is 10.4 Å². The van der Waals surface area contributed by atoms with Crippen LogP contribution in [-0.2, 0) is 19.0 Å². The Bertz CT molecular complexity index is 1390. The van der Waals surface area contributed by atoms with Crippen LogP contribution in [0.1, 0.15) is 36.9 Å². The second-order valence-electron chi connectivity index (χ2n) is 7.77. The predicted molar refractivity (Wildman–Crippen MR) is 123 cm³/mol. The Hall–Kier alpha value is -3.85. The number of rotatable bonds is 4. The first-order valence-corrected chi connectivity index (χ1v) is 11.2. The molecule has 0 spiro atoms. The summed E-state index contributed by atoms with van der Waals surface area (Å²) in [6, 6.07) is 15.8. The molecule has 4 aromatic rings. The van der Waals surface area contributed by atoms with Gasteiger partial charge >= 0.3 is 6.18 Å². The standard InChI is InChI=1S/C25H17F3N2O3S/c26-25(27,28)18-13-16(29-23(31)20-6-3-11-33-20)9-10-19(18)30-24(32)21-12-15-8-7-14-4-1-2-5-17(14)22(15)34-21/h1-6,9-13H,7-8H2,(H,29,31)(H,30,32). The monoisotopic (exact) mass is 482 g/mol. The minimum Gasteiger partial charge on any atom is -0.459 e. The molecule has 5 nitrogen and oxygen atoms in total. The number of nitrogens with one attached hydrogen (secondary N) is 2. The molecule has 0 fully saturated rings. The summed E-state index contributed by atoms with van der Waals surface area (Å²) in [6.45, 7) is 0. The van der Waals surface area contributed by atoms with Gasteiger partial charge in [0.15, 0.2) is 5.76 Å². The third-order valence-corrected chi connectivity index (χ3v) is 6.74. The van der Waals surface area contributed by atoms with Gasteiger partial charge in [-0.15, -0.1) is 11.3 Å². The number of benzene rings is 2. The van der Waals surface area contributed by atoms with Crippen molar-refractivity contribution >= 4 is 34.5 Å². The number of halogens is 3. The quantitative estimate of drug-likeness (QED) is 0.343. The zero-order valence-electron chi connectivity index (χ0n) is 17.5. The number of aryl methyl sites for hydroxylation is 2. The normalized spacial score (nSPS) is 12.6. The molecule has 1 aliphatic carbocycles. The lowest BCUT2D eigenvalue weighted by atomic mass is 9.91. The minimum absolute atomic E-state index is 0.0332. The van der Waals surface area contributed by atoms with Gasteiger partial charge in [0.1, 0.15) is 0 Å². The highest BCUT2D eigenvalue weighted by Crippen LogP contribution is 2.41. The Labute approximate surface area is 196 Å². The summed E-state index contributed by atoms with van der Waals surface area (Å²) in [5.74, 6) is -1.33. The Morgan fingerprint density at radius 1 is 0.882 bits per heavy atom. The third-order valence-electron chi connectivity index (χ3n) is 5.53. The van der Waals surface area contributed by atoms with Gasteiger partial charge < -0.3 is 15.1 Å². The highest BCUT2D eigenvalue weighted by molar-refractivity contribution is 7.17. The van der Waals surface area contributed by atoms with Gasteiger partial charge in [0.25, 0.3) is 11.8 Å². The number of anilines is 2. The van der Waals surface area contributed by atoms with E-state index in [1.165, 1.54) is 41.4 Å². The van der Waals surface area contributed by atoms with Gasteiger partial charge in [0.2, 0.25) is 0 Å². The Kier molecular flexibility index (Phi) is 5.49.